The van der Waals surface area contributed by atoms with Gasteiger partial charge in [-0.1, -0.05) is 31.5 Å². The zero-order chi connectivity index (χ0) is 12.0. The first-order chi connectivity index (χ1) is 7.74. The quantitative estimate of drug-likeness (QED) is 0.778. The summed E-state index contributed by atoms with van der Waals surface area (Å²) in [6, 6.07) is 8.25. The Morgan fingerprint density at radius 3 is 2.25 bits per heavy atom. The predicted octanol–water partition coefficient (Wildman–Crippen LogP) is 2.96. The Morgan fingerprint density at radius 2 is 1.75 bits per heavy atom. The first kappa shape index (κ1) is 13.0. The topological polar surface area (TPSA) is 12.5 Å². The smallest absolute Gasteiger partial charge is 0.119 e. The molecule has 2 heteroatoms. The standard InChI is InChI=1S/C12H17NO.C2H6/c1-10-3-5-12(6-4-10)14-9-11-7-13(2)8-11;1-2/h3-6,11H,7-9H2,1-2H3;1-2H3. The van der Waals surface area contributed by atoms with Crippen molar-refractivity contribution in [3.05, 3.63) is 29.8 Å². The Kier molecular flexibility index (Phi) is 5.33. The molecule has 1 aliphatic rings. The molecule has 1 fully saturated rings. The molecule has 0 saturated carbocycles. The van der Waals surface area contributed by atoms with Gasteiger partial charge in [0.2, 0.25) is 0 Å². The van der Waals surface area contributed by atoms with Gasteiger partial charge in [-0.2, -0.15) is 0 Å². The van der Waals surface area contributed by atoms with Crippen LogP contribution in [-0.4, -0.2) is 31.6 Å². The van der Waals surface area contributed by atoms with Crippen molar-refractivity contribution in [2.24, 2.45) is 5.92 Å². The molecule has 1 aromatic carbocycles. The van der Waals surface area contributed by atoms with Gasteiger partial charge >= 0.3 is 0 Å². The number of nitrogens with zero attached hydrogens (tertiary/aromatic N) is 1. The molecular weight excluding hydrogens is 198 g/mol. The highest BCUT2D eigenvalue weighted by molar-refractivity contribution is 5.26. The second kappa shape index (κ2) is 6.54. The fraction of sp³-hybridized carbons (Fsp3) is 0.571. The lowest BCUT2D eigenvalue weighted by atomic mass is 10.0. The third-order valence-electron chi connectivity index (χ3n) is 2.65. The summed E-state index contributed by atoms with van der Waals surface area (Å²) >= 11 is 0. The minimum atomic E-state index is 0.723. The van der Waals surface area contributed by atoms with Gasteiger partial charge in [0.1, 0.15) is 5.75 Å². The Morgan fingerprint density at radius 1 is 1.19 bits per heavy atom. The second-order valence-electron chi connectivity index (χ2n) is 4.21. The summed E-state index contributed by atoms with van der Waals surface area (Å²) in [4.78, 5) is 2.31. The zero-order valence-electron chi connectivity index (χ0n) is 10.9. The van der Waals surface area contributed by atoms with E-state index in [-0.39, 0.29) is 0 Å². The Bertz CT molecular complexity index is 288. The molecule has 0 radical (unpaired) electrons. The molecule has 0 N–H and O–H groups in total. The molecule has 0 atom stereocenters. The van der Waals surface area contributed by atoms with E-state index in [0.717, 1.165) is 18.3 Å². The van der Waals surface area contributed by atoms with Gasteiger partial charge in [-0.15, -0.1) is 0 Å². The summed E-state index contributed by atoms with van der Waals surface area (Å²) in [6.07, 6.45) is 0. The number of ether oxygens (including phenoxy) is 1. The molecule has 0 aromatic heterocycles. The summed E-state index contributed by atoms with van der Waals surface area (Å²) in [7, 11) is 2.14. The summed E-state index contributed by atoms with van der Waals surface area (Å²) in [5.74, 6) is 1.71. The van der Waals surface area contributed by atoms with Crippen molar-refractivity contribution >= 4 is 0 Å². The molecule has 16 heavy (non-hydrogen) atoms. The molecule has 90 valence electrons. The third-order valence-corrected chi connectivity index (χ3v) is 2.65. The van der Waals surface area contributed by atoms with E-state index in [0.29, 0.717) is 0 Å². The van der Waals surface area contributed by atoms with Crippen LogP contribution in [0, 0.1) is 12.8 Å². The van der Waals surface area contributed by atoms with E-state index in [1.165, 1.54) is 18.7 Å². The fourth-order valence-corrected chi connectivity index (χ4v) is 1.78. The monoisotopic (exact) mass is 221 g/mol. The highest BCUT2D eigenvalue weighted by Gasteiger charge is 2.23. The van der Waals surface area contributed by atoms with E-state index in [2.05, 4.69) is 31.0 Å². The minimum Gasteiger partial charge on any atom is -0.493 e. The maximum absolute atomic E-state index is 5.69. The number of benzene rings is 1. The molecule has 0 bridgehead atoms. The van der Waals surface area contributed by atoms with E-state index < -0.39 is 0 Å². The molecule has 2 rings (SSSR count). The van der Waals surface area contributed by atoms with Crippen molar-refractivity contribution < 1.29 is 4.74 Å². The molecule has 0 unspecified atom stereocenters. The minimum absolute atomic E-state index is 0.723. The SMILES string of the molecule is CC.Cc1ccc(OCC2CN(C)C2)cc1. The number of hydrogen-bond donors (Lipinski definition) is 0. The van der Waals surface area contributed by atoms with Gasteiger partial charge in [-0.25, -0.2) is 0 Å². The maximum Gasteiger partial charge on any atom is 0.119 e. The summed E-state index contributed by atoms with van der Waals surface area (Å²) in [6.45, 7) is 9.29. The van der Waals surface area contributed by atoms with Crippen LogP contribution in [0.3, 0.4) is 0 Å². The Labute approximate surface area is 99.2 Å². The van der Waals surface area contributed by atoms with Crippen LogP contribution in [0.2, 0.25) is 0 Å². The van der Waals surface area contributed by atoms with Crippen LogP contribution in [0.5, 0.6) is 5.75 Å². The van der Waals surface area contributed by atoms with Crippen molar-refractivity contribution in [1.82, 2.24) is 4.90 Å². The molecule has 1 aromatic rings. The molecule has 1 saturated heterocycles. The van der Waals surface area contributed by atoms with Gasteiger partial charge in [0.15, 0.2) is 0 Å². The maximum atomic E-state index is 5.69. The van der Waals surface area contributed by atoms with E-state index in [4.69, 9.17) is 4.74 Å². The number of likely N-dealkylation sites (tertiary alicyclic amines) is 1. The van der Waals surface area contributed by atoms with E-state index >= 15 is 0 Å². The van der Waals surface area contributed by atoms with E-state index in [1.807, 2.05) is 26.0 Å². The molecule has 2 nitrogen and oxygen atoms in total. The molecule has 1 heterocycles. The fourth-order valence-electron chi connectivity index (χ4n) is 1.78. The third kappa shape index (κ3) is 3.86. The highest BCUT2D eigenvalue weighted by atomic mass is 16.5. The van der Waals surface area contributed by atoms with Crippen molar-refractivity contribution in [1.29, 1.82) is 0 Å². The van der Waals surface area contributed by atoms with E-state index in [1.54, 1.807) is 0 Å². The lowest BCUT2D eigenvalue weighted by Gasteiger charge is -2.35. The van der Waals surface area contributed by atoms with Gasteiger partial charge in [0, 0.05) is 19.0 Å². The first-order valence-electron chi connectivity index (χ1n) is 6.12. The lowest BCUT2D eigenvalue weighted by Crippen LogP contribution is -2.46. The van der Waals surface area contributed by atoms with Crippen LogP contribution >= 0.6 is 0 Å². The van der Waals surface area contributed by atoms with Crippen molar-refractivity contribution in [3.63, 3.8) is 0 Å². The van der Waals surface area contributed by atoms with Crippen LogP contribution in [0.15, 0.2) is 24.3 Å². The molecular formula is C14H23NO. The van der Waals surface area contributed by atoms with Crippen LogP contribution < -0.4 is 4.74 Å². The summed E-state index contributed by atoms with van der Waals surface area (Å²) in [5.41, 5.74) is 1.28. The first-order valence-corrected chi connectivity index (χ1v) is 6.12. The molecule has 0 amide bonds. The van der Waals surface area contributed by atoms with E-state index in [9.17, 15) is 0 Å². The van der Waals surface area contributed by atoms with Crippen LogP contribution in [-0.2, 0) is 0 Å². The lowest BCUT2D eigenvalue weighted by molar-refractivity contribution is 0.0857. The Balaban J connectivity index is 0.000000606. The number of rotatable bonds is 3. The van der Waals surface area contributed by atoms with Crippen LogP contribution in [0.25, 0.3) is 0 Å². The van der Waals surface area contributed by atoms with Gasteiger partial charge in [0.25, 0.3) is 0 Å². The van der Waals surface area contributed by atoms with Gasteiger partial charge in [-0.3, -0.25) is 0 Å². The number of aryl methyl sites for hydroxylation is 1. The van der Waals surface area contributed by atoms with Gasteiger partial charge < -0.3 is 9.64 Å². The highest BCUT2D eigenvalue weighted by Crippen LogP contribution is 2.16. The van der Waals surface area contributed by atoms with Crippen LogP contribution in [0.4, 0.5) is 0 Å². The van der Waals surface area contributed by atoms with Gasteiger partial charge in [-0.05, 0) is 26.1 Å². The average Bonchev–Trinajstić information content (AvgIpc) is 2.28. The van der Waals surface area contributed by atoms with Gasteiger partial charge in [0.05, 0.1) is 6.61 Å². The van der Waals surface area contributed by atoms with Crippen molar-refractivity contribution in [2.45, 2.75) is 20.8 Å². The van der Waals surface area contributed by atoms with Crippen molar-refractivity contribution in [2.75, 3.05) is 26.7 Å². The Hall–Kier alpha value is -1.02. The average molecular weight is 221 g/mol. The largest absolute Gasteiger partial charge is 0.493 e. The molecule has 0 spiro atoms. The predicted molar refractivity (Wildman–Crippen MR) is 69.0 cm³/mol. The second-order valence-corrected chi connectivity index (χ2v) is 4.21. The number of hydrogen-bond acceptors (Lipinski definition) is 2. The van der Waals surface area contributed by atoms with Crippen molar-refractivity contribution in [3.8, 4) is 5.75 Å². The molecule has 1 aliphatic heterocycles. The zero-order valence-corrected chi connectivity index (χ0v) is 10.9. The summed E-state index contributed by atoms with van der Waals surface area (Å²) in [5, 5.41) is 0. The van der Waals surface area contributed by atoms with Crippen LogP contribution in [0.1, 0.15) is 19.4 Å². The molecule has 0 aliphatic carbocycles. The normalized spacial score (nSPS) is 16.0. The summed E-state index contributed by atoms with van der Waals surface area (Å²) < 4.78 is 5.69.